The smallest absolute Gasteiger partial charge is 0.303 e. The summed E-state index contributed by atoms with van der Waals surface area (Å²) >= 11 is 0. The molecule has 2 heteroatoms. The predicted octanol–water partition coefficient (Wildman–Crippen LogP) is 1.54. The minimum Gasteiger partial charge on any atom is -0.481 e. The zero-order valence-corrected chi connectivity index (χ0v) is 9.31. The van der Waals surface area contributed by atoms with Gasteiger partial charge in [-0.3, -0.25) is 4.79 Å². The molecule has 17 heavy (non-hydrogen) atoms. The minimum absolute atomic E-state index is 0.193. The van der Waals surface area contributed by atoms with Gasteiger partial charge in [0.05, 0.1) is 0 Å². The van der Waals surface area contributed by atoms with E-state index in [1.807, 2.05) is 12.2 Å². The Bertz CT molecular complexity index is 676. The van der Waals surface area contributed by atoms with Crippen molar-refractivity contribution >= 4 is 29.8 Å². The molecule has 1 N–H and O–H groups in total. The maximum Gasteiger partial charge on any atom is 0.303 e. The van der Waals surface area contributed by atoms with E-state index in [1.54, 1.807) is 0 Å². The van der Waals surface area contributed by atoms with Gasteiger partial charge in [0.1, 0.15) is 0 Å². The van der Waals surface area contributed by atoms with E-state index in [-0.39, 0.29) is 6.42 Å². The van der Waals surface area contributed by atoms with E-state index in [2.05, 4.69) is 30.4 Å². The van der Waals surface area contributed by atoms with Crippen LogP contribution in [0.4, 0.5) is 0 Å². The summed E-state index contributed by atoms with van der Waals surface area (Å²) < 4.78 is 0. The molecule has 1 aromatic rings. The van der Waals surface area contributed by atoms with Crippen molar-refractivity contribution in [1.82, 2.24) is 0 Å². The molecule has 0 atom stereocenters. The van der Waals surface area contributed by atoms with E-state index in [9.17, 15) is 4.79 Å². The van der Waals surface area contributed by atoms with Crippen molar-refractivity contribution in [3.8, 4) is 0 Å². The van der Waals surface area contributed by atoms with Crippen molar-refractivity contribution in [1.29, 1.82) is 0 Å². The largest absolute Gasteiger partial charge is 0.481 e. The lowest BCUT2D eigenvalue weighted by atomic mass is 10.0. The Labute approximate surface area is 98.9 Å². The molecule has 0 saturated carbocycles. The van der Waals surface area contributed by atoms with Crippen molar-refractivity contribution in [2.24, 2.45) is 0 Å². The lowest BCUT2D eigenvalue weighted by Gasteiger charge is -2.04. The van der Waals surface area contributed by atoms with Crippen LogP contribution in [0.1, 0.15) is 24.0 Å². The minimum atomic E-state index is -0.742. The molecule has 0 unspecified atom stereocenters. The van der Waals surface area contributed by atoms with Gasteiger partial charge < -0.3 is 5.11 Å². The fourth-order valence-electron chi connectivity index (χ4n) is 2.35. The number of rotatable bonds is 3. The molecule has 0 amide bonds. The van der Waals surface area contributed by atoms with Gasteiger partial charge in [0.15, 0.2) is 0 Å². The molecule has 0 heterocycles. The molecular weight excluding hydrogens is 212 g/mol. The molecule has 0 aliphatic heterocycles. The molecular formula is C15H12O2. The van der Waals surface area contributed by atoms with E-state index in [0.29, 0.717) is 6.42 Å². The molecule has 1 aromatic carbocycles. The van der Waals surface area contributed by atoms with Crippen molar-refractivity contribution in [2.75, 3.05) is 0 Å². The van der Waals surface area contributed by atoms with Crippen LogP contribution in [0.25, 0.3) is 23.8 Å². The van der Waals surface area contributed by atoms with E-state index < -0.39 is 5.97 Å². The highest BCUT2D eigenvalue weighted by Gasteiger charge is 2.11. The Kier molecular flexibility index (Phi) is 2.22. The molecule has 0 spiro atoms. The topological polar surface area (TPSA) is 37.3 Å². The molecule has 0 aromatic heterocycles. The van der Waals surface area contributed by atoms with Crippen LogP contribution in [0.5, 0.6) is 0 Å². The molecule has 2 aliphatic rings. The Balaban J connectivity index is 1.97. The maximum absolute atomic E-state index is 10.6. The van der Waals surface area contributed by atoms with Crippen LogP contribution in [0.3, 0.4) is 0 Å². The number of fused-ring (bicyclic) bond motifs is 2. The normalized spacial score (nSPS) is 14.7. The average Bonchev–Trinajstić information content (AvgIpc) is 2.88. The SMILES string of the molecule is O=C(O)CCC1=CC=c2cc3c(cc21)=CC=C3. The van der Waals surface area contributed by atoms with Crippen LogP contribution in [-0.4, -0.2) is 11.1 Å². The number of hydrogen-bond acceptors (Lipinski definition) is 1. The Hall–Kier alpha value is -2.09. The fourth-order valence-corrected chi connectivity index (χ4v) is 2.35. The number of carboxylic acids is 1. The highest BCUT2D eigenvalue weighted by Crippen LogP contribution is 2.20. The molecule has 0 bridgehead atoms. The van der Waals surface area contributed by atoms with Gasteiger partial charge in [-0.05, 0) is 45.7 Å². The third kappa shape index (κ3) is 1.72. The van der Waals surface area contributed by atoms with Crippen molar-refractivity contribution in [2.45, 2.75) is 12.8 Å². The van der Waals surface area contributed by atoms with Crippen molar-refractivity contribution < 1.29 is 9.90 Å². The van der Waals surface area contributed by atoms with Gasteiger partial charge in [0.2, 0.25) is 0 Å². The van der Waals surface area contributed by atoms with Crippen LogP contribution < -0.4 is 10.4 Å². The van der Waals surface area contributed by atoms with Gasteiger partial charge in [-0.15, -0.1) is 0 Å². The Morgan fingerprint density at radius 2 is 2.00 bits per heavy atom. The van der Waals surface area contributed by atoms with Gasteiger partial charge in [0.25, 0.3) is 0 Å². The number of carbonyl (C=O) groups is 1. The number of aliphatic carboxylic acids is 1. The van der Waals surface area contributed by atoms with Gasteiger partial charge in [-0.1, -0.05) is 30.4 Å². The van der Waals surface area contributed by atoms with Crippen molar-refractivity contribution in [3.63, 3.8) is 0 Å². The fraction of sp³-hybridized carbons (Fsp3) is 0.133. The first-order valence-corrected chi connectivity index (χ1v) is 5.69. The highest BCUT2D eigenvalue weighted by molar-refractivity contribution is 5.82. The summed E-state index contributed by atoms with van der Waals surface area (Å²) in [6.07, 6.45) is 11.1. The van der Waals surface area contributed by atoms with Crippen LogP contribution in [0.15, 0.2) is 24.3 Å². The average molecular weight is 224 g/mol. The second-order valence-corrected chi connectivity index (χ2v) is 4.35. The first-order valence-electron chi connectivity index (χ1n) is 5.69. The molecule has 0 fully saturated rings. The molecule has 0 radical (unpaired) electrons. The summed E-state index contributed by atoms with van der Waals surface area (Å²) in [6, 6.07) is 4.32. The third-order valence-corrected chi connectivity index (χ3v) is 3.22. The Morgan fingerprint density at radius 3 is 2.82 bits per heavy atom. The first kappa shape index (κ1) is 10.1. The summed E-state index contributed by atoms with van der Waals surface area (Å²) in [7, 11) is 0. The monoisotopic (exact) mass is 224 g/mol. The molecule has 84 valence electrons. The lowest BCUT2D eigenvalue weighted by molar-refractivity contribution is -0.136. The highest BCUT2D eigenvalue weighted by atomic mass is 16.4. The summed E-state index contributed by atoms with van der Waals surface area (Å²) in [4.78, 5) is 10.6. The van der Waals surface area contributed by atoms with Crippen LogP contribution >= 0.6 is 0 Å². The standard InChI is InChI=1S/C15H12O2/c16-15(17)7-6-10-4-5-13-8-11-2-1-3-12(11)9-14(10)13/h1-5,8-9H,6-7H2,(H,16,17). The van der Waals surface area contributed by atoms with Crippen molar-refractivity contribution in [3.05, 3.63) is 45.8 Å². The van der Waals surface area contributed by atoms with Crippen LogP contribution in [0, 0.1) is 0 Å². The van der Waals surface area contributed by atoms with Gasteiger partial charge in [-0.25, -0.2) is 0 Å². The van der Waals surface area contributed by atoms with Gasteiger partial charge >= 0.3 is 5.97 Å². The number of benzene rings is 1. The lowest BCUT2D eigenvalue weighted by Crippen LogP contribution is -2.14. The maximum atomic E-state index is 10.6. The van der Waals surface area contributed by atoms with Gasteiger partial charge in [0, 0.05) is 6.42 Å². The van der Waals surface area contributed by atoms with E-state index in [1.165, 1.54) is 21.6 Å². The summed E-state index contributed by atoms with van der Waals surface area (Å²) in [5, 5.41) is 11.1. The third-order valence-electron chi connectivity index (χ3n) is 3.22. The molecule has 2 aliphatic carbocycles. The summed E-state index contributed by atoms with van der Waals surface area (Å²) in [5.74, 6) is -0.742. The summed E-state index contributed by atoms with van der Waals surface area (Å²) in [6.45, 7) is 0. The number of carboxylic acid groups (broad SMARTS) is 1. The first-order chi connectivity index (χ1) is 8.24. The Morgan fingerprint density at radius 1 is 1.12 bits per heavy atom. The van der Waals surface area contributed by atoms with Crippen LogP contribution in [0.2, 0.25) is 0 Å². The molecule has 0 saturated heterocycles. The van der Waals surface area contributed by atoms with Gasteiger partial charge in [-0.2, -0.15) is 0 Å². The van der Waals surface area contributed by atoms with E-state index in [0.717, 1.165) is 5.57 Å². The van der Waals surface area contributed by atoms with E-state index in [4.69, 9.17) is 5.11 Å². The zero-order chi connectivity index (χ0) is 11.8. The second kappa shape index (κ2) is 3.74. The van der Waals surface area contributed by atoms with E-state index >= 15 is 0 Å². The van der Waals surface area contributed by atoms with Crippen LogP contribution in [-0.2, 0) is 4.79 Å². The molecule has 2 nitrogen and oxygen atoms in total. The zero-order valence-electron chi connectivity index (χ0n) is 9.31. The number of allylic oxidation sites excluding steroid dienone is 3. The summed E-state index contributed by atoms with van der Waals surface area (Å²) in [5.41, 5.74) is 3.56. The number of hydrogen-bond donors (Lipinski definition) is 1. The second-order valence-electron chi connectivity index (χ2n) is 4.35. The predicted molar refractivity (Wildman–Crippen MR) is 68.5 cm³/mol. The quantitative estimate of drug-likeness (QED) is 0.845. The molecule has 3 rings (SSSR count).